The third-order valence-corrected chi connectivity index (χ3v) is 3.14. The fourth-order valence-corrected chi connectivity index (χ4v) is 1.94. The number of hydrogen-bond donors (Lipinski definition) is 0. The van der Waals surface area contributed by atoms with Gasteiger partial charge in [0.25, 0.3) is 0 Å². The average Bonchev–Trinajstić information content (AvgIpc) is 2.35. The van der Waals surface area contributed by atoms with Crippen LogP contribution in [0.4, 0.5) is 35.1 Å². The van der Waals surface area contributed by atoms with Crippen molar-refractivity contribution in [3.8, 4) is 0 Å². The zero-order chi connectivity index (χ0) is 18.6. The highest BCUT2D eigenvalue weighted by molar-refractivity contribution is 4.88. The van der Waals surface area contributed by atoms with Crippen molar-refractivity contribution < 1.29 is 39.9 Å². The minimum absolute atomic E-state index is 0.579. The zero-order valence-corrected chi connectivity index (χ0v) is 13.3. The van der Waals surface area contributed by atoms with Gasteiger partial charge in [0.05, 0.1) is 0 Å². The Bertz CT molecular complexity index is 312. The number of ether oxygens (including phenoxy) is 1. The summed E-state index contributed by atoms with van der Waals surface area (Å²) in [6.45, 7) is 5.61. The smallest absolute Gasteiger partial charge is 0.332 e. The van der Waals surface area contributed by atoms with Crippen molar-refractivity contribution in [1.29, 1.82) is 0 Å². The van der Waals surface area contributed by atoms with E-state index in [-0.39, 0.29) is 0 Å². The van der Waals surface area contributed by atoms with Crippen LogP contribution in [0.25, 0.3) is 0 Å². The van der Waals surface area contributed by atoms with Crippen LogP contribution in [0.1, 0.15) is 40.5 Å². The Balaban J connectivity index is 5.51. The van der Waals surface area contributed by atoms with Crippen LogP contribution in [0.2, 0.25) is 0 Å². The topological polar surface area (TPSA) is 9.23 Å². The lowest BCUT2D eigenvalue weighted by atomic mass is 9.97. The molecule has 0 aliphatic heterocycles. The highest BCUT2D eigenvalue weighted by Crippen LogP contribution is 2.38. The molecule has 2 atom stereocenters. The summed E-state index contributed by atoms with van der Waals surface area (Å²) >= 11 is 0. The zero-order valence-electron chi connectivity index (χ0n) is 13.3. The van der Waals surface area contributed by atoms with E-state index < -0.39 is 61.6 Å². The van der Waals surface area contributed by atoms with Crippen LogP contribution in [-0.2, 0) is 4.74 Å². The van der Waals surface area contributed by atoms with E-state index in [4.69, 9.17) is 0 Å². The van der Waals surface area contributed by atoms with Crippen molar-refractivity contribution >= 4 is 0 Å². The van der Waals surface area contributed by atoms with Crippen molar-refractivity contribution in [3.05, 3.63) is 0 Å². The van der Waals surface area contributed by atoms with Gasteiger partial charge in [-0.25, -0.2) is 17.6 Å². The van der Waals surface area contributed by atoms with Crippen LogP contribution in [0.15, 0.2) is 0 Å². The maximum Gasteiger partial charge on any atom is 0.332 e. The Morgan fingerprint density at radius 1 is 0.652 bits per heavy atom. The first-order valence-electron chi connectivity index (χ1n) is 7.20. The normalized spacial score (nSPS) is 16.7. The van der Waals surface area contributed by atoms with E-state index in [0.717, 1.165) is 0 Å². The van der Waals surface area contributed by atoms with Crippen LogP contribution in [0.5, 0.6) is 0 Å². The van der Waals surface area contributed by atoms with E-state index in [2.05, 4.69) is 4.74 Å². The highest BCUT2D eigenvalue weighted by atomic mass is 19.3. The van der Waals surface area contributed by atoms with Gasteiger partial charge in [-0.05, 0) is 24.7 Å². The molecular formula is C14H22F8O. The van der Waals surface area contributed by atoms with Crippen LogP contribution in [-0.4, -0.2) is 36.9 Å². The summed E-state index contributed by atoms with van der Waals surface area (Å²) in [7, 11) is 0. The van der Waals surface area contributed by atoms with E-state index in [9.17, 15) is 35.1 Å². The van der Waals surface area contributed by atoms with Gasteiger partial charge < -0.3 is 4.74 Å². The SMILES string of the molecule is CC(C)CC(OC(CC(C)C)C(F)(F)C(F)F)C(F)(F)C(F)F. The Hall–Kier alpha value is -0.600. The van der Waals surface area contributed by atoms with Crippen molar-refractivity contribution in [2.45, 2.75) is 77.4 Å². The second kappa shape index (κ2) is 8.48. The molecule has 0 bridgehead atoms. The quantitative estimate of drug-likeness (QED) is 0.460. The maximum absolute atomic E-state index is 13.6. The van der Waals surface area contributed by atoms with Gasteiger partial charge in [-0.2, -0.15) is 17.6 Å². The van der Waals surface area contributed by atoms with Gasteiger partial charge in [0, 0.05) is 0 Å². The van der Waals surface area contributed by atoms with Gasteiger partial charge in [0.1, 0.15) is 12.2 Å². The van der Waals surface area contributed by atoms with Crippen LogP contribution >= 0.6 is 0 Å². The summed E-state index contributed by atoms with van der Waals surface area (Å²) in [6, 6.07) is 0. The second-order valence-electron chi connectivity index (χ2n) is 6.32. The lowest BCUT2D eigenvalue weighted by molar-refractivity contribution is -0.273. The molecule has 0 amide bonds. The van der Waals surface area contributed by atoms with Crippen molar-refractivity contribution in [3.63, 3.8) is 0 Å². The fourth-order valence-electron chi connectivity index (χ4n) is 1.94. The molecule has 0 saturated carbocycles. The maximum atomic E-state index is 13.6. The fraction of sp³-hybridized carbons (Fsp3) is 1.00. The molecule has 0 fully saturated rings. The largest absolute Gasteiger partial charge is 0.362 e. The van der Waals surface area contributed by atoms with Crippen molar-refractivity contribution in [2.75, 3.05) is 0 Å². The Morgan fingerprint density at radius 3 is 1.09 bits per heavy atom. The molecule has 0 spiro atoms. The molecule has 0 N–H and O–H groups in total. The molecule has 23 heavy (non-hydrogen) atoms. The molecule has 0 rings (SSSR count). The third-order valence-electron chi connectivity index (χ3n) is 3.14. The Kier molecular flexibility index (Phi) is 8.26. The van der Waals surface area contributed by atoms with E-state index >= 15 is 0 Å². The molecule has 0 aliphatic carbocycles. The molecule has 9 heteroatoms. The average molecular weight is 358 g/mol. The first-order valence-corrected chi connectivity index (χ1v) is 7.20. The molecule has 1 nitrogen and oxygen atoms in total. The predicted octanol–water partition coefficient (Wildman–Crippen LogP) is 5.63. The number of hydrogen-bond acceptors (Lipinski definition) is 1. The third kappa shape index (κ3) is 6.43. The van der Waals surface area contributed by atoms with Gasteiger partial charge >= 0.3 is 24.7 Å². The van der Waals surface area contributed by atoms with Crippen molar-refractivity contribution in [1.82, 2.24) is 0 Å². The van der Waals surface area contributed by atoms with Crippen LogP contribution in [0.3, 0.4) is 0 Å². The molecular weight excluding hydrogens is 336 g/mol. The van der Waals surface area contributed by atoms with Crippen LogP contribution < -0.4 is 0 Å². The first-order chi connectivity index (χ1) is 10.2. The van der Waals surface area contributed by atoms with Gasteiger partial charge in [0.15, 0.2) is 0 Å². The number of rotatable bonds is 10. The molecule has 0 saturated heterocycles. The Morgan fingerprint density at radius 2 is 0.913 bits per heavy atom. The molecule has 0 aromatic heterocycles. The van der Waals surface area contributed by atoms with Gasteiger partial charge in [0.2, 0.25) is 0 Å². The molecule has 0 radical (unpaired) electrons. The monoisotopic (exact) mass is 358 g/mol. The molecule has 140 valence electrons. The minimum Gasteiger partial charge on any atom is -0.362 e. The predicted molar refractivity (Wildman–Crippen MR) is 69.5 cm³/mol. The highest BCUT2D eigenvalue weighted by Gasteiger charge is 2.55. The summed E-state index contributed by atoms with van der Waals surface area (Å²) in [4.78, 5) is 0. The summed E-state index contributed by atoms with van der Waals surface area (Å²) in [5.74, 6) is -10.6. The lowest BCUT2D eigenvalue weighted by Crippen LogP contribution is -2.51. The van der Waals surface area contributed by atoms with E-state index in [1.807, 2.05) is 0 Å². The van der Waals surface area contributed by atoms with Crippen molar-refractivity contribution in [2.24, 2.45) is 11.8 Å². The summed E-state index contributed by atoms with van der Waals surface area (Å²) in [6.07, 6.45) is -14.8. The summed E-state index contributed by atoms with van der Waals surface area (Å²) in [5, 5.41) is 0. The number of alkyl halides is 8. The van der Waals surface area contributed by atoms with E-state index in [1.54, 1.807) is 0 Å². The number of halogens is 8. The Labute approximate surface area is 130 Å². The van der Waals surface area contributed by atoms with Crippen LogP contribution in [0, 0.1) is 11.8 Å². The lowest BCUT2D eigenvalue weighted by Gasteiger charge is -2.35. The standard InChI is InChI=1S/C14H22F8O/c1-7(2)5-9(13(19,20)11(15)16)23-10(6-8(3)4)14(21,22)12(17)18/h7-12H,5-6H2,1-4H3. The second-order valence-corrected chi connectivity index (χ2v) is 6.32. The summed E-state index contributed by atoms with van der Waals surface area (Å²) < 4.78 is 109. The molecule has 0 heterocycles. The van der Waals surface area contributed by atoms with Gasteiger partial charge in [-0.3, -0.25) is 0 Å². The molecule has 0 aromatic rings. The minimum atomic E-state index is -4.71. The molecule has 0 aliphatic rings. The molecule has 0 aromatic carbocycles. The summed E-state index contributed by atoms with van der Waals surface area (Å²) in [5.41, 5.74) is 0. The van der Waals surface area contributed by atoms with E-state index in [0.29, 0.717) is 0 Å². The first kappa shape index (κ1) is 22.4. The van der Waals surface area contributed by atoms with E-state index in [1.165, 1.54) is 27.7 Å². The molecule has 2 unspecified atom stereocenters. The van der Waals surface area contributed by atoms with Gasteiger partial charge in [-0.1, -0.05) is 27.7 Å². The van der Waals surface area contributed by atoms with Gasteiger partial charge in [-0.15, -0.1) is 0 Å².